The molecule has 2 aromatic carbocycles. The number of nitrogens with one attached hydrogen (secondary N) is 1. The minimum Gasteiger partial charge on any atom is -0.496 e. The van der Waals surface area contributed by atoms with Crippen molar-refractivity contribution in [2.24, 2.45) is 0 Å². The van der Waals surface area contributed by atoms with E-state index in [0.717, 1.165) is 22.6 Å². The van der Waals surface area contributed by atoms with Gasteiger partial charge < -0.3 is 14.8 Å². The summed E-state index contributed by atoms with van der Waals surface area (Å²) in [4.78, 5) is 11.7. The van der Waals surface area contributed by atoms with Gasteiger partial charge in [0, 0.05) is 17.8 Å². The molecular formula is C17H19NO3. The van der Waals surface area contributed by atoms with Crippen molar-refractivity contribution in [2.75, 3.05) is 19.5 Å². The SMILES string of the molecule is COC(=O)c1cccc(NCc2ccccc2OC)c1C. The van der Waals surface area contributed by atoms with Crippen molar-refractivity contribution in [3.05, 3.63) is 59.2 Å². The molecule has 0 fully saturated rings. The van der Waals surface area contributed by atoms with Gasteiger partial charge in [-0.1, -0.05) is 24.3 Å². The van der Waals surface area contributed by atoms with Gasteiger partial charge in [0.25, 0.3) is 0 Å². The average molecular weight is 285 g/mol. The van der Waals surface area contributed by atoms with E-state index in [1.807, 2.05) is 43.3 Å². The normalized spacial score (nSPS) is 10.0. The number of benzene rings is 2. The number of methoxy groups -OCH3 is 2. The fraction of sp³-hybridized carbons (Fsp3) is 0.235. The van der Waals surface area contributed by atoms with Gasteiger partial charge in [-0.05, 0) is 30.7 Å². The van der Waals surface area contributed by atoms with E-state index >= 15 is 0 Å². The summed E-state index contributed by atoms with van der Waals surface area (Å²) in [5.41, 5.74) is 3.41. The molecule has 110 valence electrons. The second kappa shape index (κ2) is 6.79. The Morgan fingerprint density at radius 1 is 1.10 bits per heavy atom. The van der Waals surface area contributed by atoms with Crippen LogP contribution < -0.4 is 10.1 Å². The van der Waals surface area contributed by atoms with Crippen molar-refractivity contribution >= 4 is 11.7 Å². The Balaban J connectivity index is 2.19. The Kier molecular flexibility index (Phi) is 4.82. The Morgan fingerprint density at radius 3 is 2.57 bits per heavy atom. The summed E-state index contributed by atoms with van der Waals surface area (Å²) in [5, 5.41) is 3.34. The molecule has 0 aliphatic heterocycles. The Morgan fingerprint density at radius 2 is 1.86 bits per heavy atom. The molecule has 0 radical (unpaired) electrons. The van der Waals surface area contributed by atoms with Crippen LogP contribution in [0.4, 0.5) is 5.69 Å². The Hall–Kier alpha value is -2.49. The molecule has 2 aromatic rings. The zero-order valence-electron chi connectivity index (χ0n) is 12.5. The molecule has 4 nitrogen and oxygen atoms in total. The highest BCUT2D eigenvalue weighted by molar-refractivity contribution is 5.92. The standard InChI is InChI=1S/C17H19NO3/c1-12-14(17(19)21-3)8-6-9-15(12)18-11-13-7-4-5-10-16(13)20-2/h4-10,18H,11H2,1-3H3. The van der Waals surface area contributed by atoms with Gasteiger partial charge in [-0.15, -0.1) is 0 Å². The minimum absolute atomic E-state index is 0.326. The van der Waals surface area contributed by atoms with E-state index in [4.69, 9.17) is 9.47 Å². The fourth-order valence-electron chi connectivity index (χ4n) is 2.20. The smallest absolute Gasteiger partial charge is 0.338 e. The van der Waals surface area contributed by atoms with Crippen LogP contribution in [0.2, 0.25) is 0 Å². The first-order valence-electron chi connectivity index (χ1n) is 6.71. The molecule has 0 unspecified atom stereocenters. The molecule has 21 heavy (non-hydrogen) atoms. The number of esters is 1. The number of para-hydroxylation sites is 1. The predicted molar refractivity (Wildman–Crippen MR) is 82.8 cm³/mol. The van der Waals surface area contributed by atoms with Gasteiger partial charge in [0.2, 0.25) is 0 Å². The van der Waals surface area contributed by atoms with Crippen LogP contribution in [0.15, 0.2) is 42.5 Å². The molecule has 0 atom stereocenters. The molecule has 0 bridgehead atoms. The number of carbonyl (C=O) groups is 1. The first-order valence-corrected chi connectivity index (χ1v) is 6.71. The van der Waals surface area contributed by atoms with Crippen LogP contribution in [0.1, 0.15) is 21.5 Å². The summed E-state index contributed by atoms with van der Waals surface area (Å²) in [6.45, 7) is 2.52. The van der Waals surface area contributed by atoms with Gasteiger partial charge in [-0.3, -0.25) is 0 Å². The van der Waals surface area contributed by atoms with Gasteiger partial charge in [0.1, 0.15) is 5.75 Å². The van der Waals surface area contributed by atoms with E-state index in [1.54, 1.807) is 13.2 Å². The second-order valence-corrected chi connectivity index (χ2v) is 4.64. The molecule has 0 amide bonds. The molecule has 4 heteroatoms. The molecule has 0 heterocycles. The van der Waals surface area contributed by atoms with E-state index in [9.17, 15) is 4.79 Å². The fourth-order valence-corrected chi connectivity index (χ4v) is 2.20. The number of rotatable bonds is 5. The molecule has 0 spiro atoms. The quantitative estimate of drug-likeness (QED) is 0.855. The lowest BCUT2D eigenvalue weighted by Gasteiger charge is -2.14. The lowest BCUT2D eigenvalue weighted by Crippen LogP contribution is -2.08. The van der Waals surface area contributed by atoms with Crippen LogP contribution in [0.5, 0.6) is 5.75 Å². The summed E-state index contributed by atoms with van der Waals surface area (Å²) in [7, 11) is 3.04. The highest BCUT2D eigenvalue weighted by Gasteiger charge is 2.11. The summed E-state index contributed by atoms with van der Waals surface area (Å²) < 4.78 is 10.1. The zero-order chi connectivity index (χ0) is 15.2. The van der Waals surface area contributed by atoms with Crippen LogP contribution in [0, 0.1) is 6.92 Å². The van der Waals surface area contributed by atoms with Crippen LogP contribution in [-0.4, -0.2) is 20.2 Å². The van der Waals surface area contributed by atoms with Crippen molar-refractivity contribution in [3.8, 4) is 5.75 Å². The third kappa shape index (κ3) is 3.34. The van der Waals surface area contributed by atoms with E-state index < -0.39 is 0 Å². The third-order valence-electron chi connectivity index (χ3n) is 3.40. The van der Waals surface area contributed by atoms with Crippen LogP contribution >= 0.6 is 0 Å². The first-order chi connectivity index (χ1) is 10.2. The molecule has 0 saturated carbocycles. The van der Waals surface area contributed by atoms with Gasteiger partial charge in [-0.2, -0.15) is 0 Å². The van der Waals surface area contributed by atoms with Crippen molar-refractivity contribution < 1.29 is 14.3 Å². The van der Waals surface area contributed by atoms with E-state index in [1.165, 1.54) is 7.11 Å². The molecule has 2 rings (SSSR count). The molecule has 0 aliphatic carbocycles. The number of ether oxygens (including phenoxy) is 2. The lowest BCUT2D eigenvalue weighted by atomic mass is 10.1. The Labute approximate surface area is 124 Å². The van der Waals surface area contributed by atoms with E-state index in [-0.39, 0.29) is 5.97 Å². The van der Waals surface area contributed by atoms with Crippen molar-refractivity contribution in [1.82, 2.24) is 0 Å². The summed E-state index contributed by atoms with van der Waals surface area (Å²) in [5.74, 6) is 0.514. The first kappa shape index (κ1) is 14.9. The van der Waals surface area contributed by atoms with Gasteiger partial charge in [0.05, 0.1) is 19.8 Å². The lowest BCUT2D eigenvalue weighted by molar-refractivity contribution is 0.0600. The highest BCUT2D eigenvalue weighted by atomic mass is 16.5. The number of hydrogen-bond donors (Lipinski definition) is 1. The van der Waals surface area contributed by atoms with Gasteiger partial charge >= 0.3 is 5.97 Å². The van der Waals surface area contributed by atoms with Crippen molar-refractivity contribution in [1.29, 1.82) is 0 Å². The topological polar surface area (TPSA) is 47.6 Å². The summed E-state index contributed by atoms with van der Waals surface area (Å²) in [6, 6.07) is 13.4. The highest BCUT2D eigenvalue weighted by Crippen LogP contribution is 2.23. The second-order valence-electron chi connectivity index (χ2n) is 4.64. The molecule has 0 aliphatic rings. The van der Waals surface area contributed by atoms with Crippen LogP contribution in [-0.2, 0) is 11.3 Å². The maximum absolute atomic E-state index is 11.7. The number of carbonyl (C=O) groups excluding carboxylic acids is 1. The van der Waals surface area contributed by atoms with E-state index in [0.29, 0.717) is 12.1 Å². The Bertz CT molecular complexity index is 638. The molecule has 0 aromatic heterocycles. The van der Waals surface area contributed by atoms with Gasteiger partial charge in [0.15, 0.2) is 0 Å². The monoisotopic (exact) mass is 285 g/mol. The largest absolute Gasteiger partial charge is 0.496 e. The van der Waals surface area contributed by atoms with Crippen molar-refractivity contribution in [2.45, 2.75) is 13.5 Å². The van der Waals surface area contributed by atoms with Crippen molar-refractivity contribution in [3.63, 3.8) is 0 Å². The average Bonchev–Trinajstić information content (AvgIpc) is 2.53. The van der Waals surface area contributed by atoms with Crippen LogP contribution in [0.3, 0.4) is 0 Å². The minimum atomic E-state index is -0.326. The number of hydrogen-bond acceptors (Lipinski definition) is 4. The van der Waals surface area contributed by atoms with E-state index in [2.05, 4.69) is 5.32 Å². The molecule has 0 saturated heterocycles. The summed E-state index contributed by atoms with van der Waals surface area (Å²) >= 11 is 0. The molecular weight excluding hydrogens is 266 g/mol. The zero-order valence-corrected chi connectivity index (χ0v) is 12.5. The maximum atomic E-state index is 11.7. The maximum Gasteiger partial charge on any atom is 0.338 e. The van der Waals surface area contributed by atoms with Gasteiger partial charge in [-0.25, -0.2) is 4.79 Å². The summed E-state index contributed by atoms with van der Waals surface area (Å²) in [6.07, 6.45) is 0. The predicted octanol–water partition coefficient (Wildman–Crippen LogP) is 3.40. The van der Waals surface area contributed by atoms with Crippen LogP contribution in [0.25, 0.3) is 0 Å². The number of anilines is 1. The third-order valence-corrected chi connectivity index (χ3v) is 3.40. The molecule has 1 N–H and O–H groups in total.